The molecule has 1 atom stereocenters. The number of carbonyl (C=O) groups excluding carboxylic acids is 1. The molecule has 0 radical (unpaired) electrons. The molecule has 9 nitrogen and oxygen atoms in total. The van der Waals surface area contributed by atoms with E-state index >= 15 is 0 Å². The number of benzene rings is 1. The van der Waals surface area contributed by atoms with Gasteiger partial charge in [-0.15, -0.1) is 0 Å². The summed E-state index contributed by atoms with van der Waals surface area (Å²) in [5.41, 5.74) is 0. The van der Waals surface area contributed by atoms with Gasteiger partial charge in [-0.1, -0.05) is 13.8 Å². The van der Waals surface area contributed by atoms with Crippen LogP contribution in [-0.2, 0) is 9.47 Å². The predicted molar refractivity (Wildman–Crippen MR) is 120 cm³/mol. The highest BCUT2D eigenvalue weighted by atomic mass is 16.5. The number of rotatable bonds is 17. The summed E-state index contributed by atoms with van der Waals surface area (Å²) in [5.74, 6) is 1.92. The molecule has 1 aromatic rings. The van der Waals surface area contributed by atoms with E-state index in [0.29, 0.717) is 57.7 Å². The second-order valence-corrected chi connectivity index (χ2v) is 7.60. The lowest BCUT2D eigenvalue weighted by molar-refractivity contribution is 0.0818. The van der Waals surface area contributed by atoms with Crippen LogP contribution >= 0.6 is 0 Å². The normalized spacial score (nSPS) is 11.9. The molecule has 3 N–H and O–H groups in total. The molecular weight excluding hydrogens is 402 g/mol. The first kappa shape index (κ1) is 27.0. The highest BCUT2D eigenvalue weighted by molar-refractivity contribution is 5.73. The van der Waals surface area contributed by atoms with Crippen LogP contribution < -0.4 is 20.1 Å². The molecule has 0 saturated heterocycles. The van der Waals surface area contributed by atoms with Gasteiger partial charge in [0.15, 0.2) is 0 Å². The maximum atomic E-state index is 11.8. The third-order valence-electron chi connectivity index (χ3n) is 4.15. The van der Waals surface area contributed by atoms with Gasteiger partial charge in [-0.05, 0) is 30.2 Å². The molecule has 0 aliphatic carbocycles. The Morgan fingerprint density at radius 1 is 1.03 bits per heavy atom. The van der Waals surface area contributed by atoms with Crippen molar-refractivity contribution in [2.75, 3.05) is 73.4 Å². The molecule has 0 fully saturated rings. The maximum Gasteiger partial charge on any atom is 0.317 e. The zero-order valence-electron chi connectivity index (χ0n) is 19.3. The van der Waals surface area contributed by atoms with Gasteiger partial charge in [0, 0.05) is 46.9 Å². The van der Waals surface area contributed by atoms with Crippen molar-refractivity contribution in [1.82, 2.24) is 15.5 Å². The van der Waals surface area contributed by atoms with Crippen molar-refractivity contribution in [1.29, 1.82) is 0 Å². The first-order valence-electron chi connectivity index (χ1n) is 10.7. The number of urea groups is 1. The summed E-state index contributed by atoms with van der Waals surface area (Å²) in [7, 11) is 3.31. The molecule has 178 valence electrons. The minimum absolute atomic E-state index is 0.154. The van der Waals surface area contributed by atoms with Gasteiger partial charge in [0.25, 0.3) is 0 Å². The topological polar surface area (TPSA) is 102 Å². The van der Waals surface area contributed by atoms with Crippen LogP contribution in [0.2, 0.25) is 0 Å². The Balaban J connectivity index is 2.10. The lowest BCUT2D eigenvalue weighted by atomic mass is 10.2. The summed E-state index contributed by atoms with van der Waals surface area (Å²) in [6.07, 6.45) is -0.658. The minimum Gasteiger partial charge on any atom is -0.491 e. The summed E-state index contributed by atoms with van der Waals surface area (Å²) in [6, 6.07) is 7.11. The summed E-state index contributed by atoms with van der Waals surface area (Å²) in [4.78, 5) is 13.3. The van der Waals surface area contributed by atoms with Gasteiger partial charge in [0.2, 0.25) is 0 Å². The van der Waals surface area contributed by atoms with Gasteiger partial charge in [-0.25, -0.2) is 4.79 Å². The number of hydrogen-bond acceptors (Lipinski definition) is 7. The van der Waals surface area contributed by atoms with E-state index in [1.54, 1.807) is 31.2 Å². The van der Waals surface area contributed by atoms with Crippen LogP contribution in [0.4, 0.5) is 4.79 Å². The van der Waals surface area contributed by atoms with E-state index < -0.39 is 6.10 Å². The quantitative estimate of drug-likeness (QED) is 0.314. The molecule has 0 spiro atoms. The predicted octanol–water partition coefficient (Wildman–Crippen LogP) is 1.36. The Labute approximate surface area is 186 Å². The molecule has 0 heterocycles. The van der Waals surface area contributed by atoms with Gasteiger partial charge < -0.3 is 39.6 Å². The number of likely N-dealkylation sites (N-methyl/N-ethyl adjacent to an activating group) is 1. The number of aliphatic hydroxyl groups is 1. The number of aliphatic hydroxyl groups excluding tert-OH is 1. The monoisotopic (exact) mass is 441 g/mol. The van der Waals surface area contributed by atoms with Crippen molar-refractivity contribution in [3.63, 3.8) is 0 Å². The average molecular weight is 442 g/mol. The highest BCUT2D eigenvalue weighted by Crippen LogP contribution is 2.17. The van der Waals surface area contributed by atoms with Crippen molar-refractivity contribution in [2.45, 2.75) is 20.0 Å². The van der Waals surface area contributed by atoms with Crippen LogP contribution in [0.25, 0.3) is 0 Å². The van der Waals surface area contributed by atoms with Gasteiger partial charge in [-0.2, -0.15) is 0 Å². The zero-order valence-corrected chi connectivity index (χ0v) is 19.3. The van der Waals surface area contributed by atoms with Gasteiger partial charge in [-0.3, -0.25) is 0 Å². The number of hydrogen-bond donors (Lipinski definition) is 3. The molecule has 9 heteroatoms. The van der Waals surface area contributed by atoms with E-state index in [0.717, 1.165) is 12.4 Å². The average Bonchev–Trinajstić information content (AvgIpc) is 2.76. The van der Waals surface area contributed by atoms with Gasteiger partial charge in [0.05, 0.1) is 13.2 Å². The summed E-state index contributed by atoms with van der Waals surface area (Å²) in [6.45, 7) is 8.59. The van der Waals surface area contributed by atoms with E-state index in [4.69, 9.17) is 18.9 Å². The number of carbonyl (C=O) groups is 1. The van der Waals surface area contributed by atoms with Crippen LogP contribution in [0.1, 0.15) is 13.8 Å². The van der Waals surface area contributed by atoms with Crippen LogP contribution in [0, 0.1) is 5.92 Å². The Morgan fingerprint density at radius 3 is 2.35 bits per heavy atom. The fourth-order valence-electron chi connectivity index (χ4n) is 2.41. The number of amides is 2. The van der Waals surface area contributed by atoms with Crippen molar-refractivity contribution in [3.8, 4) is 11.5 Å². The van der Waals surface area contributed by atoms with Crippen molar-refractivity contribution < 1.29 is 28.8 Å². The van der Waals surface area contributed by atoms with Crippen LogP contribution in [-0.4, -0.2) is 95.5 Å². The maximum absolute atomic E-state index is 11.8. The zero-order chi connectivity index (χ0) is 22.9. The molecule has 1 aromatic carbocycles. The Bertz CT molecular complexity index is 585. The van der Waals surface area contributed by atoms with Crippen LogP contribution in [0.15, 0.2) is 24.3 Å². The number of methoxy groups -OCH3 is 1. The van der Waals surface area contributed by atoms with Gasteiger partial charge >= 0.3 is 6.03 Å². The van der Waals surface area contributed by atoms with Crippen LogP contribution in [0.3, 0.4) is 0 Å². The van der Waals surface area contributed by atoms with Crippen LogP contribution in [0.5, 0.6) is 11.5 Å². The second kappa shape index (κ2) is 16.6. The third kappa shape index (κ3) is 13.8. The fourth-order valence-corrected chi connectivity index (χ4v) is 2.41. The summed E-state index contributed by atoms with van der Waals surface area (Å²) >= 11 is 0. The fraction of sp³-hybridized carbons (Fsp3) is 0.682. The largest absolute Gasteiger partial charge is 0.491 e. The Morgan fingerprint density at radius 2 is 1.71 bits per heavy atom. The Hall–Kier alpha value is -2.07. The van der Waals surface area contributed by atoms with E-state index in [-0.39, 0.29) is 12.6 Å². The summed E-state index contributed by atoms with van der Waals surface area (Å²) in [5, 5.41) is 15.9. The SMILES string of the molecule is COCCN(C)C(=O)NCCNCC(O)COc1ccc(OCCOCC(C)C)cc1. The first-order valence-corrected chi connectivity index (χ1v) is 10.7. The van der Waals surface area contributed by atoms with Crippen molar-refractivity contribution in [3.05, 3.63) is 24.3 Å². The lowest BCUT2D eigenvalue weighted by Gasteiger charge is -2.18. The molecule has 0 aliphatic heterocycles. The van der Waals surface area contributed by atoms with E-state index in [1.807, 2.05) is 12.1 Å². The molecule has 0 aromatic heterocycles. The molecule has 0 aliphatic rings. The summed E-state index contributed by atoms with van der Waals surface area (Å²) < 4.78 is 21.6. The first-order chi connectivity index (χ1) is 14.9. The molecule has 0 bridgehead atoms. The number of nitrogens with zero attached hydrogens (tertiary/aromatic N) is 1. The van der Waals surface area contributed by atoms with Crippen molar-refractivity contribution >= 4 is 6.03 Å². The van der Waals surface area contributed by atoms with Gasteiger partial charge in [0.1, 0.15) is 30.8 Å². The lowest BCUT2D eigenvalue weighted by Crippen LogP contribution is -2.42. The Kier molecular flexibility index (Phi) is 14.4. The molecule has 31 heavy (non-hydrogen) atoms. The van der Waals surface area contributed by atoms with E-state index in [2.05, 4.69) is 24.5 Å². The molecular formula is C22H39N3O6. The third-order valence-corrected chi connectivity index (χ3v) is 4.15. The number of ether oxygens (including phenoxy) is 4. The second-order valence-electron chi connectivity index (χ2n) is 7.60. The van der Waals surface area contributed by atoms with E-state index in [9.17, 15) is 9.90 Å². The molecule has 0 saturated carbocycles. The molecule has 2 amide bonds. The molecule has 1 unspecified atom stereocenters. The smallest absolute Gasteiger partial charge is 0.317 e. The standard InChI is InChI=1S/C22H39N3O6/c1-18(2)16-29-13-14-30-20-5-7-21(8-6-20)31-17-19(26)15-23-9-10-24-22(27)25(3)11-12-28-4/h5-8,18-19,23,26H,9-17H2,1-4H3,(H,24,27). The van der Waals surface area contributed by atoms with E-state index in [1.165, 1.54) is 0 Å². The van der Waals surface area contributed by atoms with Crippen molar-refractivity contribution in [2.24, 2.45) is 5.92 Å². The minimum atomic E-state index is -0.658. The molecule has 1 rings (SSSR count). The highest BCUT2D eigenvalue weighted by Gasteiger charge is 2.08. The number of nitrogens with one attached hydrogen (secondary N) is 2.